The van der Waals surface area contributed by atoms with Gasteiger partial charge in [-0.2, -0.15) is 5.10 Å². The maximum Gasteiger partial charge on any atom is 0.271 e. The molecule has 0 radical (unpaired) electrons. The van der Waals surface area contributed by atoms with Crippen LogP contribution in [0.25, 0.3) is 10.9 Å². The molecule has 21 heavy (non-hydrogen) atoms. The van der Waals surface area contributed by atoms with Crippen LogP contribution in [0.4, 0.5) is 5.69 Å². The van der Waals surface area contributed by atoms with Crippen LogP contribution in [0.3, 0.4) is 0 Å². The third-order valence-corrected chi connectivity index (χ3v) is 5.33. The summed E-state index contributed by atoms with van der Waals surface area (Å²) in [5.74, 6) is 0. The number of hydrogen-bond acceptors (Lipinski definition) is 4. The van der Waals surface area contributed by atoms with Gasteiger partial charge < -0.3 is 4.74 Å². The van der Waals surface area contributed by atoms with Crippen LogP contribution in [-0.4, -0.2) is 29.4 Å². The molecule has 2 rings (SSSR count). The van der Waals surface area contributed by atoms with Crippen LogP contribution in [0, 0.1) is 10.1 Å². The van der Waals surface area contributed by atoms with Crippen molar-refractivity contribution < 1.29 is 9.66 Å². The summed E-state index contributed by atoms with van der Waals surface area (Å²) in [5, 5.41) is 16.0. The number of halogens is 1. The summed E-state index contributed by atoms with van der Waals surface area (Å²) in [6.07, 6.45) is 1.77. The molecule has 0 amide bonds. The zero-order valence-electron chi connectivity index (χ0n) is 12.3. The SMILES string of the molecule is C[Si](C)(C)CCOCn1cc2cc([N+](=O)[O-])cc(Br)c2n1. The van der Waals surface area contributed by atoms with Crippen molar-refractivity contribution in [1.29, 1.82) is 0 Å². The smallest absolute Gasteiger partial charge is 0.271 e. The Hall–Kier alpha value is -1.25. The molecule has 0 unspecified atom stereocenters. The summed E-state index contributed by atoms with van der Waals surface area (Å²) >= 11 is 3.32. The number of aromatic nitrogens is 2. The van der Waals surface area contributed by atoms with Crippen LogP contribution in [0.15, 0.2) is 22.8 Å². The van der Waals surface area contributed by atoms with Crippen molar-refractivity contribution in [1.82, 2.24) is 9.78 Å². The van der Waals surface area contributed by atoms with Crippen LogP contribution in [0.1, 0.15) is 0 Å². The van der Waals surface area contributed by atoms with E-state index in [-0.39, 0.29) is 5.69 Å². The maximum absolute atomic E-state index is 10.8. The van der Waals surface area contributed by atoms with E-state index in [0.717, 1.165) is 11.4 Å². The fourth-order valence-corrected chi connectivity index (χ4v) is 3.13. The van der Waals surface area contributed by atoms with Gasteiger partial charge in [-0.1, -0.05) is 19.6 Å². The van der Waals surface area contributed by atoms with Gasteiger partial charge in [-0.15, -0.1) is 0 Å². The van der Waals surface area contributed by atoms with Crippen molar-refractivity contribution >= 4 is 40.6 Å². The third-order valence-electron chi connectivity index (χ3n) is 3.02. The first kappa shape index (κ1) is 16.1. The molecule has 0 aliphatic rings. The molecule has 0 spiro atoms. The van der Waals surface area contributed by atoms with E-state index in [1.54, 1.807) is 10.9 Å². The zero-order valence-corrected chi connectivity index (χ0v) is 14.9. The Morgan fingerprint density at radius 1 is 1.43 bits per heavy atom. The first-order valence-corrected chi connectivity index (χ1v) is 11.2. The van der Waals surface area contributed by atoms with Crippen molar-refractivity contribution in [2.24, 2.45) is 0 Å². The van der Waals surface area contributed by atoms with Gasteiger partial charge in [0.05, 0.1) is 9.40 Å². The van der Waals surface area contributed by atoms with Gasteiger partial charge in [0.15, 0.2) is 0 Å². The van der Waals surface area contributed by atoms with E-state index in [1.165, 1.54) is 12.1 Å². The van der Waals surface area contributed by atoms with Crippen molar-refractivity contribution in [2.45, 2.75) is 32.4 Å². The zero-order chi connectivity index (χ0) is 15.6. The number of hydrogen-bond donors (Lipinski definition) is 0. The van der Waals surface area contributed by atoms with Crippen LogP contribution < -0.4 is 0 Å². The molecule has 114 valence electrons. The fourth-order valence-electron chi connectivity index (χ4n) is 1.84. The lowest BCUT2D eigenvalue weighted by molar-refractivity contribution is -0.384. The van der Waals surface area contributed by atoms with E-state index in [2.05, 4.69) is 40.7 Å². The Labute approximate surface area is 132 Å². The van der Waals surface area contributed by atoms with Gasteiger partial charge in [0.1, 0.15) is 12.2 Å². The lowest BCUT2D eigenvalue weighted by Crippen LogP contribution is -2.22. The molecule has 1 aromatic heterocycles. The predicted octanol–water partition coefficient (Wildman–Crippen LogP) is 4.02. The van der Waals surface area contributed by atoms with E-state index in [9.17, 15) is 10.1 Å². The summed E-state index contributed by atoms with van der Waals surface area (Å²) in [6, 6.07) is 4.08. The number of benzene rings is 1. The Morgan fingerprint density at radius 2 is 2.14 bits per heavy atom. The van der Waals surface area contributed by atoms with Crippen molar-refractivity contribution in [3.05, 3.63) is 32.9 Å². The number of rotatable bonds is 6. The molecule has 6 nitrogen and oxygen atoms in total. The molecule has 0 bridgehead atoms. The molecule has 0 fully saturated rings. The Kier molecular flexibility index (Phi) is 4.80. The molecule has 1 heterocycles. The first-order chi connectivity index (χ1) is 9.76. The average molecular weight is 372 g/mol. The van der Waals surface area contributed by atoms with Crippen molar-refractivity contribution in [3.63, 3.8) is 0 Å². The van der Waals surface area contributed by atoms with Crippen LogP contribution in [0.2, 0.25) is 25.7 Å². The number of nitro benzene ring substituents is 1. The van der Waals surface area contributed by atoms with E-state index >= 15 is 0 Å². The van der Waals surface area contributed by atoms with E-state index in [0.29, 0.717) is 23.3 Å². The summed E-state index contributed by atoms with van der Waals surface area (Å²) in [6.45, 7) is 7.98. The Balaban J connectivity index is 2.09. The summed E-state index contributed by atoms with van der Waals surface area (Å²) in [5.41, 5.74) is 0.753. The molecular weight excluding hydrogens is 354 g/mol. The predicted molar refractivity (Wildman–Crippen MR) is 88.2 cm³/mol. The summed E-state index contributed by atoms with van der Waals surface area (Å²) < 4.78 is 7.92. The van der Waals surface area contributed by atoms with E-state index < -0.39 is 13.0 Å². The monoisotopic (exact) mass is 371 g/mol. The molecule has 8 heteroatoms. The molecule has 0 aliphatic carbocycles. The van der Waals surface area contributed by atoms with Crippen molar-refractivity contribution in [2.75, 3.05) is 6.61 Å². The van der Waals surface area contributed by atoms with E-state index in [4.69, 9.17) is 4.74 Å². The highest BCUT2D eigenvalue weighted by Gasteiger charge is 2.14. The molecule has 0 N–H and O–H groups in total. The van der Waals surface area contributed by atoms with Crippen LogP contribution in [0.5, 0.6) is 0 Å². The molecule has 2 aromatic rings. The number of ether oxygens (including phenoxy) is 1. The van der Waals surface area contributed by atoms with Crippen molar-refractivity contribution in [3.8, 4) is 0 Å². The summed E-state index contributed by atoms with van der Waals surface area (Å²) in [4.78, 5) is 10.4. The highest BCUT2D eigenvalue weighted by Crippen LogP contribution is 2.28. The topological polar surface area (TPSA) is 70.2 Å². The minimum absolute atomic E-state index is 0.0496. The molecular formula is C13H18BrN3O3Si. The van der Waals surface area contributed by atoms with Gasteiger partial charge in [-0.3, -0.25) is 10.1 Å². The van der Waals surface area contributed by atoms with Crippen LogP contribution in [-0.2, 0) is 11.5 Å². The minimum atomic E-state index is -1.09. The molecule has 0 saturated heterocycles. The van der Waals surface area contributed by atoms with E-state index in [1.807, 2.05) is 0 Å². The standard InChI is InChI=1S/C13H18BrN3O3Si/c1-21(2,3)5-4-20-9-16-8-10-6-11(17(18)19)7-12(14)13(10)15-16/h6-8H,4-5,9H2,1-3H3. The largest absolute Gasteiger partial charge is 0.360 e. The molecule has 0 aliphatic heterocycles. The second-order valence-corrected chi connectivity index (χ2v) is 12.6. The van der Waals surface area contributed by atoms with Gasteiger partial charge in [0, 0.05) is 38.4 Å². The highest BCUT2D eigenvalue weighted by atomic mass is 79.9. The minimum Gasteiger partial charge on any atom is -0.360 e. The normalized spacial score (nSPS) is 12.0. The van der Waals surface area contributed by atoms with Gasteiger partial charge in [0.25, 0.3) is 5.69 Å². The number of fused-ring (bicyclic) bond motifs is 1. The lowest BCUT2D eigenvalue weighted by atomic mass is 10.2. The maximum atomic E-state index is 10.8. The number of nitrogens with zero attached hydrogens (tertiary/aromatic N) is 3. The first-order valence-electron chi connectivity index (χ1n) is 6.65. The molecule has 1 aromatic carbocycles. The molecule has 0 atom stereocenters. The second kappa shape index (κ2) is 6.25. The highest BCUT2D eigenvalue weighted by molar-refractivity contribution is 9.10. The Bertz CT molecular complexity index is 666. The third kappa shape index (κ3) is 4.35. The quantitative estimate of drug-likeness (QED) is 0.332. The average Bonchev–Trinajstić information content (AvgIpc) is 2.77. The van der Waals surface area contributed by atoms with Gasteiger partial charge >= 0.3 is 0 Å². The second-order valence-electron chi connectivity index (χ2n) is 6.14. The number of non-ortho nitro benzene ring substituents is 1. The Morgan fingerprint density at radius 3 is 2.76 bits per heavy atom. The van der Waals surface area contributed by atoms with Gasteiger partial charge in [0.2, 0.25) is 0 Å². The summed E-state index contributed by atoms with van der Waals surface area (Å²) in [7, 11) is -1.09. The van der Waals surface area contributed by atoms with Crippen LogP contribution >= 0.6 is 15.9 Å². The van der Waals surface area contributed by atoms with Gasteiger partial charge in [-0.05, 0) is 22.0 Å². The lowest BCUT2D eigenvalue weighted by Gasteiger charge is -2.15. The fraction of sp³-hybridized carbons (Fsp3) is 0.462. The molecule has 0 saturated carbocycles. The van der Waals surface area contributed by atoms with Gasteiger partial charge in [-0.25, -0.2) is 4.68 Å². The number of nitro groups is 1.